The number of esters is 2. The first kappa shape index (κ1) is 15.0. The predicted octanol–water partition coefficient (Wildman–Crippen LogP) is 2.19. The molecule has 0 amide bonds. The van der Waals surface area contributed by atoms with Gasteiger partial charge in [-0.15, -0.1) is 0 Å². The lowest BCUT2D eigenvalue weighted by Crippen LogP contribution is -2.16. The number of furan rings is 1. The summed E-state index contributed by atoms with van der Waals surface area (Å²) in [6, 6.07) is 7.83. The molecule has 0 fully saturated rings. The maximum absolute atomic E-state index is 12.0. The third kappa shape index (κ3) is 3.28. The number of ether oxygens (including phenoxy) is 4. The summed E-state index contributed by atoms with van der Waals surface area (Å²) < 4.78 is 25.7. The van der Waals surface area contributed by atoms with Crippen LogP contribution in [-0.2, 0) is 16.1 Å². The van der Waals surface area contributed by atoms with E-state index in [1.54, 1.807) is 24.3 Å². The lowest BCUT2D eigenvalue weighted by atomic mass is 10.2. The second-order valence-electron chi connectivity index (χ2n) is 4.69. The number of hydrogen-bond acceptors (Lipinski definition) is 7. The Balaban J connectivity index is 1.63. The first-order valence-corrected chi connectivity index (χ1v) is 6.91. The molecule has 0 aliphatic carbocycles. The summed E-state index contributed by atoms with van der Waals surface area (Å²) in [5.41, 5.74) is 0.342. The molecule has 1 aromatic heterocycles. The van der Waals surface area contributed by atoms with Crippen LogP contribution in [0.2, 0.25) is 0 Å². The van der Waals surface area contributed by atoms with Crippen molar-refractivity contribution in [2.24, 2.45) is 0 Å². The molecule has 1 aliphatic heterocycles. The van der Waals surface area contributed by atoms with Crippen molar-refractivity contribution in [3.05, 3.63) is 47.4 Å². The third-order valence-electron chi connectivity index (χ3n) is 3.17. The fraction of sp³-hybridized carbons (Fsp3) is 0.250. The lowest BCUT2D eigenvalue weighted by molar-refractivity contribution is 0.0437. The smallest absolute Gasteiger partial charge is 0.373 e. The van der Waals surface area contributed by atoms with Gasteiger partial charge in [0.05, 0.1) is 12.7 Å². The fourth-order valence-electron chi connectivity index (χ4n) is 2.06. The third-order valence-corrected chi connectivity index (χ3v) is 3.17. The largest absolute Gasteiger partial charge is 0.486 e. The first-order valence-electron chi connectivity index (χ1n) is 6.91. The number of benzene rings is 1. The van der Waals surface area contributed by atoms with Gasteiger partial charge in [-0.2, -0.15) is 0 Å². The van der Waals surface area contributed by atoms with Gasteiger partial charge in [0, 0.05) is 0 Å². The van der Waals surface area contributed by atoms with E-state index in [1.807, 2.05) is 0 Å². The Morgan fingerprint density at radius 1 is 1.04 bits per heavy atom. The van der Waals surface area contributed by atoms with Crippen molar-refractivity contribution in [1.82, 2.24) is 0 Å². The zero-order valence-electron chi connectivity index (χ0n) is 12.4. The van der Waals surface area contributed by atoms with Crippen molar-refractivity contribution >= 4 is 11.9 Å². The van der Waals surface area contributed by atoms with E-state index in [0.717, 1.165) is 0 Å². The van der Waals surface area contributed by atoms with E-state index in [4.69, 9.17) is 18.6 Å². The predicted molar refractivity (Wildman–Crippen MR) is 76.6 cm³/mol. The minimum Gasteiger partial charge on any atom is -0.486 e. The van der Waals surface area contributed by atoms with Crippen LogP contribution in [0.25, 0.3) is 0 Å². The van der Waals surface area contributed by atoms with Gasteiger partial charge in [-0.1, -0.05) is 0 Å². The molecule has 0 saturated carbocycles. The molecule has 1 aliphatic rings. The van der Waals surface area contributed by atoms with E-state index in [1.165, 1.54) is 13.2 Å². The van der Waals surface area contributed by atoms with Crippen LogP contribution in [-0.4, -0.2) is 32.3 Å². The van der Waals surface area contributed by atoms with Crippen molar-refractivity contribution in [1.29, 1.82) is 0 Å². The van der Waals surface area contributed by atoms with Crippen molar-refractivity contribution in [2.75, 3.05) is 20.3 Å². The number of hydrogen-bond donors (Lipinski definition) is 0. The summed E-state index contributed by atoms with van der Waals surface area (Å²) >= 11 is 0. The molecule has 120 valence electrons. The molecule has 0 atom stereocenters. The minimum atomic E-state index is -0.589. The normalized spacial score (nSPS) is 12.6. The highest BCUT2D eigenvalue weighted by Gasteiger charge is 2.17. The average Bonchev–Trinajstić information content (AvgIpc) is 3.07. The number of carbonyl (C=O) groups is 2. The van der Waals surface area contributed by atoms with E-state index in [2.05, 4.69) is 4.74 Å². The van der Waals surface area contributed by atoms with Gasteiger partial charge in [-0.3, -0.25) is 0 Å². The van der Waals surface area contributed by atoms with Crippen LogP contribution in [0.4, 0.5) is 0 Å². The SMILES string of the molecule is COC(=O)c1ccc(COC(=O)c2ccc3c(c2)OCCO3)o1. The Kier molecular flexibility index (Phi) is 4.18. The maximum Gasteiger partial charge on any atom is 0.373 e. The van der Waals surface area contributed by atoms with Gasteiger partial charge < -0.3 is 23.4 Å². The van der Waals surface area contributed by atoms with Crippen molar-refractivity contribution in [2.45, 2.75) is 6.61 Å². The molecule has 7 heteroatoms. The van der Waals surface area contributed by atoms with Crippen LogP contribution in [0.15, 0.2) is 34.7 Å². The minimum absolute atomic E-state index is 0.0536. The number of methoxy groups -OCH3 is 1. The van der Waals surface area contributed by atoms with Crippen LogP contribution < -0.4 is 9.47 Å². The quantitative estimate of drug-likeness (QED) is 0.799. The van der Waals surface area contributed by atoms with E-state index >= 15 is 0 Å². The van der Waals surface area contributed by atoms with Crippen LogP contribution >= 0.6 is 0 Å². The average molecular weight is 318 g/mol. The van der Waals surface area contributed by atoms with Crippen LogP contribution in [0.3, 0.4) is 0 Å². The standard InChI is InChI=1S/C16H14O7/c1-19-16(18)13-5-3-11(23-13)9-22-15(17)10-2-4-12-14(8-10)21-7-6-20-12/h2-5,8H,6-7,9H2,1H3. The second-order valence-corrected chi connectivity index (χ2v) is 4.69. The van der Waals surface area contributed by atoms with Gasteiger partial charge in [0.15, 0.2) is 11.5 Å². The number of fused-ring (bicyclic) bond motifs is 1. The summed E-state index contributed by atoms with van der Waals surface area (Å²) in [6.07, 6.45) is 0. The monoisotopic (exact) mass is 318 g/mol. The Bertz CT molecular complexity index is 732. The van der Waals surface area contributed by atoms with Gasteiger partial charge in [0.25, 0.3) is 0 Å². The molecule has 0 saturated heterocycles. The maximum atomic E-state index is 12.0. The Morgan fingerprint density at radius 3 is 2.61 bits per heavy atom. The van der Waals surface area contributed by atoms with Gasteiger partial charge >= 0.3 is 11.9 Å². The van der Waals surface area contributed by atoms with E-state index < -0.39 is 11.9 Å². The molecule has 2 heterocycles. The summed E-state index contributed by atoms with van der Waals surface area (Å²) in [5.74, 6) is 0.389. The molecule has 0 radical (unpaired) electrons. The Hall–Kier alpha value is -2.96. The number of rotatable bonds is 4. The first-order chi connectivity index (χ1) is 11.2. The molecular formula is C16H14O7. The summed E-state index contributed by atoms with van der Waals surface area (Å²) in [6.45, 7) is 0.830. The van der Waals surface area contributed by atoms with E-state index in [0.29, 0.717) is 36.0 Å². The summed E-state index contributed by atoms with van der Waals surface area (Å²) in [4.78, 5) is 23.3. The highest BCUT2D eigenvalue weighted by atomic mass is 16.6. The van der Waals surface area contributed by atoms with Crippen molar-refractivity contribution in [3.63, 3.8) is 0 Å². The topological polar surface area (TPSA) is 84.2 Å². The molecule has 0 unspecified atom stereocenters. The molecule has 7 nitrogen and oxygen atoms in total. The molecule has 23 heavy (non-hydrogen) atoms. The molecule has 0 bridgehead atoms. The van der Waals surface area contributed by atoms with Crippen molar-refractivity contribution in [3.8, 4) is 11.5 Å². The van der Waals surface area contributed by atoms with Gasteiger partial charge in [0.2, 0.25) is 5.76 Å². The number of carbonyl (C=O) groups excluding carboxylic acids is 2. The van der Waals surface area contributed by atoms with Gasteiger partial charge in [-0.25, -0.2) is 9.59 Å². The molecule has 1 aromatic carbocycles. The highest BCUT2D eigenvalue weighted by molar-refractivity contribution is 5.90. The molecule has 0 spiro atoms. The summed E-state index contributed by atoms with van der Waals surface area (Å²) in [5, 5.41) is 0. The second kappa shape index (κ2) is 6.43. The fourth-order valence-corrected chi connectivity index (χ4v) is 2.06. The van der Waals surface area contributed by atoms with Crippen molar-refractivity contribution < 1.29 is 33.0 Å². The molecule has 0 N–H and O–H groups in total. The van der Waals surface area contributed by atoms with Crippen LogP contribution in [0.1, 0.15) is 26.7 Å². The molecule has 2 aromatic rings. The highest BCUT2D eigenvalue weighted by Crippen LogP contribution is 2.31. The zero-order valence-corrected chi connectivity index (χ0v) is 12.4. The Morgan fingerprint density at radius 2 is 1.83 bits per heavy atom. The molecule has 3 rings (SSSR count). The van der Waals surface area contributed by atoms with Crippen LogP contribution in [0.5, 0.6) is 11.5 Å². The van der Waals surface area contributed by atoms with E-state index in [9.17, 15) is 9.59 Å². The Labute approximate surface area is 131 Å². The van der Waals surface area contributed by atoms with Gasteiger partial charge in [0.1, 0.15) is 25.6 Å². The molecular weight excluding hydrogens is 304 g/mol. The summed E-state index contributed by atoms with van der Waals surface area (Å²) in [7, 11) is 1.26. The zero-order chi connectivity index (χ0) is 16.2. The van der Waals surface area contributed by atoms with E-state index in [-0.39, 0.29) is 12.4 Å². The van der Waals surface area contributed by atoms with Gasteiger partial charge in [-0.05, 0) is 30.3 Å². The van der Waals surface area contributed by atoms with Crippen LogP contribution in [0, 0.1) is 0 Å². The lowest BCUT2D eigenvalue weighted by Gasteiger charge is -2.18.